The number of benzene rings is 1. The van der Waals surface area contributed by atoms with Crippen molar-refractivity contribution in [2.75, 3.05) is 39.4 Å². The minimum atomic E-state index is -0.0612. The molecular formula is C13H18N2O2S. The molecule has 0 saturated carbocycles. The van der Waals surface area contributed by atoms with Gasteiger partial charge >= 0.3 is 0 Å². The Morgan fingerprint density at radius 3 is 2.78 bits per heavy atom. The molecule has 1 heterocycles. The predicted molar refractivity (Wildman–Crippen MR) is 73.3 cm³/mol. The second kappa shape index (κ2) is 6.78. The molecule has 18 heavy (non-hydrogen) atoms. The minimum Gasteiger partial charge on any atom is -0.379 e. The van der Waals surface area contributed by atoms with Gasteiger partial charge in [-0.1, -0.05) is 12.1 Å². The first-order valence-corrected chi connectivity index (χ1v) is 6.58. The fourth-order valence-corrected chi connectivity index (χ4v) is 2.18. The van der Waals surface area contributed by atoms with Gasteiger partial charge in [-0.05, 0) is 12.1 Å². The van der Waals surface area contributed by atoms with E-state index in [4.69, 9.17) is 4.74 Å². The molecule has 1 fully saturated rings. The summed E-state index contributed by atoms with van der Waals surface area (Å²) >= 11 is 4.27. The van der Waals surface area contributed by atoms with Crippen LogP contribution in [0.5, 0.6) is 0 Å². The SMILES string of the molecule is O=C(NCCN1CCOCC1)c1ccccc1S. The average Bonchev–Trinajstić information content (AvgIpc) is 2.40. The molecule has 0 radical (unpaired) electrons. The lowest BCUT2D eigenvalue weighted by molar-refractivity contribution is 0.0383. The smallest absolute Gasteiger partial charge is 0.252 e. The summed E-state index contributed by atoms with van der Waals surface area (Å²) in [5.74, 6) is -0.0612. The Labute approximate surface area is 113 Å². The molecule has 98 valence electrons. The molecule has 5 heteroatoms. The lowest BCUT2D eigenvalue weighted by Gasteiger charge is -2.26. The summed E-state index contributed by atoms with van der Waals surface area (Å²) in [4.78, 5) is 14.9. The van der Waals surface area contributed by atoms with Crippen molar-refractivity contribution >= 4 is 18.5 Å². The molecule has 0 unspecified atom stereocenters. The molecule has 1 N–H and O–H groups in total. The number of hydrogen-bond donors (Lipinski definition) is 2. The fraction of sp³-hybridized carbons (Fsp3) is 0.462. The van der Waals surface area contributed by atoms with Gasteiger partial charge in [0, 0.05) is 31.1 Å². The lowest BCUT2D eigenvalue weighted by Crippen LogP contribution is -2.41. The van der Waals surface area contributed by atoms with Gasteiger partial charge in [0.1, 0.15) is 0 Å². The first-order chi connectivity index (χ1) is 8.77. The topological polar surface area (TPSA) is 41.6 Å². The van der Waals surface area contributed by atoms with E-state index in [0.29, 0.717) is 17.0 Å². The normalized spacial score (nSPS) is 16.5. The second-order valence-electron chi connectivity index (χ2n) is 4.23. The van der Waals surface area contributed by atoms with Crippen LogP contribution in [-0.4, -0.2) is 50.2 Å². The van der Waals surface area contributed by atoms with Crippen LogP contribution >= 0.6 is 12.6 Å². The largest absolute Gasteiger partial charge is 0.379 e. The summed E-state index contributed by atoms with van der Waals surface area (Å²) < 4.78 is 5.27. The van der Waals surface area contributed by atoms with E-state index in [-0.39, 0.29) is 5.91 Å². The molecule has 0 bridgehead atoms. The van der Waals surface area contributed by atoms with Gasteiger partial charge in [0.25, 0.3) is 5.91 Å². The number of hydrogen-bond acceptors (Lipinski definition) is 4. The summed E-state index contributed by atoms with van der Waals surface area (Å²) in [6, 6.07) is 7.32. The number of morpholine rings is 1. The van der Waals surface area contributed by atoms with Crippen molar-refractivity contribution in [3.05, 3.63) is 29.8 Å². The zero-order valence-corrected chi connectivity index (χ0v) is 11.2. The van der Waals surface area contributed by atoms with Gasteiger partial charge in [0.05, 0.1) is 18.8 Å². The summed E-state index contributed by atoms with van der Waals surface area (Å²) in [5, 5.41) is 2.92. The minimum absolute atomic E-state index is 0.0612. The Balaban J connectivity index is 1.76. The maximum absolute atomic E-state index is 11.9. The van der Waals surface area contributed by atoms with Crippen LogP contribution in [0.1, 0.15) is 10.4 Å². The number of nitrogens with one attached hydrogen (secondary N) is 1. The van der Waals surface area contributed by atoms with Crippen molar-refractivity contribution in [2.45, 2.75) is 4.90 Å². The van der Waals surface area contributed by atoms with Crippen LogP contribution in [0.2, 0.25) is 0 Å². The highest BCUT2D eigenvalue weighted by Gasteiger charge is 2.11. The average molecular weight is 266 g/mol. The van der Waals surface area contributed by atoms with Gasteiger partial charge in [0.2, 0.25) is 0 Å². The molecule has 4 nitrogen and oxygen atoms in total. The maximum Gasteiger partial charge on any atom is 0.252 e. The van der Waals surface area contributed by atoms with E-state index >= 15 is 0 Å². The molecule has 0 aliphatic carbocycles. The number of carbonyl (C=O) groups is 1. The highest BCUT2D eigenvalue weighted by Crippen LogP contribution is 2.12. The highest BCUT2D eigenvalue weighted by atomic mass is 32.1. The molecule has 2 rings (SSSR count). The maximum atomic E-state index is 11.9. The van der Waals surface area contributed by atoms with Gasteiger partial charge in [-0.25, -0.2) is 0 Å². The highest BCUT2D eigenvalue weighted by molar-refractivity contribution is 7.80. The van der Waals surface area contributed by atoms with E-state index in [1.165, 1.54) is 0 Å². The molecule has 0 aromatic heterocycles. The molecule has 1 amide bonds. The molecule has 0 atom stereocenters. The molecule has 1 saturated heterocycles. The Morgan fingerprint density at radius 2 is 2.06 bits per heavy atom. The summed E-state index contributed by atoms with van der Waals surface area (Å²) in [7, 11) is 0. The predicted octanol–water partition coefficient (Wildman–Crippen LogP) is 1.04. The van der Waals surface area contributed by atoms with Gasteiger partial charge in [0.15, 0.2) is 0 Å². The van der Waals surface area contributed by atoms with Crippen molar-refractivity contribution < 1.29 is 9.53 Å². The molecule has 1 aliphatic heterocycles. The molecule has 1 aromatic carbocycles. The molecule has 1 aromatic rings. The van der Waals surface area contributed by atoms with Gasteiger partial charge in [-0.2, -0.15) is 0 Å². The van der Waals surface area contributed by atoms with Crippen molar-refractivity contribution in [1.82, 2.24) is 10.2 Å². The number of nitrogens with zero attached hydrogens (tertiary/aromatic N) is 1. The second-order valence-corrected chi connectivity index (χ2v) is 4.71. The van der Waals surface area contributed by atoms with Crippen LogP contribution in [-0.2, 0) is 4.74 Å². The van der Waals surface area contributed by atoms with Crippen LogP contribution in [0.4, 0.5) is 0 Å². The molecule has 1 aliphatic rings. The van der Waals surface area contributed by atoms with Crippen LogP contribution in [0.25, 0.3) is 0 Å². The monoisotopic (exact) mass is 266 g/mol. The number of thiol groups is 1. The van der Waals surface area contributed by atoms with E-state index in [9.17, 15) is 4.79 Å². The summed E-state index contributed by atoms with van der Waals surface area (Å²) in [6.45, 7) is 4.98. The zero-order chi connectivity index (χ0) is 12.8. The Morgan fingerprint density at radius 1 is 1.33 bits per heavy atom. The van der Waals surface area contributed by atoms with Crippen LogP contribution in [0.15, 0.2) is 29.2 Å². The van der Waals surface area contributed by atoms with E-state index < -0.39 is 0 Å². The Hall–Kier alpha value is -1.04. The van der Waals surface area contributed by atoms with Crippen molar-refractivity contribution in [1.29, 1.82) is 0 Å². The number of amides is 1. The lowest BCUT2D eigenvalue weighted by atomic mass is 10.2. The third kappa shape index (κ3) is 3.73. The van der Waals surface area contributed by atoms with E-state index in [0.717, 1.165) is 32.8 Å². The third-order valence-electron chi connectivity index (χ3n) is 2.97. The third-order valence-corrected chi connectivity index (χ3v) is 3.36. The van der Waals surface area contributed by atoms with Crippen LogP contribution in [0, 0.1) is 0 Å². The van der Waals surface area contributed by atoms with E-state index in [2.05, 4.69) is 22.8 Å². The first-order valence-electron chi connectivity index (χ1n) is 6.13. The van der Waals surface area contributed by atoms with Crippen molar-refractivity contribution in [2.24, 2.45) is 0 Å². The van der Waals surface area contributed by atoms with Crippen molar-refractivity contribution in [3.8, 4) is 0 Å². The van der Waals surface area contributed by atoms with Crippen LogP contribution in [0.3, 0.4) is 0 Å². The Kier molecular flexibility index (Phi) is 5.04. The number of rotatable bonds is 4. The summed E-state index contributed by atoms with van der Waals surface area (Å²) in [6.07, 6.45) is 0. The zero-order valence-electron chi connectivity index (χ0n) is 10.3. The molecule has 0 spiro atoms. The molecular weight excluding hydrogens is 248 g/mol. The number of carbonyl (C=O) groups excluding carboxylic acids is 1. The van der Waals surface area contributed by atoms with Gasteiger partial charge < -0.3 is 10.1 Å². The van der Waals surface area contributed by atoms with Crippen LogP contribution < -0.4 is 5.32 Å². The quantitative estimate of drug-likeness (QED) is 0.800. The van der Waals surface area contributed by atoms with E-state index in [1.54, 1.807) is 6.07 Å². The first kappa shape index (κ1) is 13.4. The van der Waals surface area contributed by atoms with Gasteiger partial charge in [-0.15, -0.1) is 12.6 Å². The summed E-state index contributed by atoms with van der Waals surface area (Å²) in [5.41, 5.74) is 0.628. The van der Waals surface area contributed by atoms with E-state index in [1.807, 2.05) is 18.2 Å². The van der Waals surface area contributed by atoms with Gasteiger partial charge in [-0.3, -0.25) is 9.69 Å². The number of ether oxygens (including phenoxy) is 1. The fourth-order valence-electron chi connectivity index (χ4n) is 1.91. The standard InChI is InChI=1S/C13H18N2O2S/c16-13(11-3-1-2-4-12(11)18)14-5-6-15-7-9-17-10-8-15/h1-4,18H,5-10H2,(H,14,16). The van der Waals surface area contributed by atoms with Crippen molar-refractivity contribution in [3.63, 3.8) is 0 Å². The Bertz CT molecular complexity index is 406.